The Morgan fingerprint density at radius 3 is 2.54 bits per heavy atom. The molecule has 2 N–H and O–H groups in total. The summed E-state index contributed by atoms with van der Waals surface area (Å²) < 4.78 is 5.14. The zero-order valence-electron chi connectivity index (χ0n) is 13.9. The zero-order chi connectivity index (χ0) is 17.5. The van der Waals surface area contributed by atoms with Gasteiger partial charge in [0, 0.05) is 43.7 Å². The summed E-state index contributed by atoms with van der Waals surface area (Å²) in [4.78, 5) is 28.9. The maximum Gasteiger partial charge on any atom is 0.319 e. The monoisotopic (exact) mass is 328 g/mol. The number of nitrogens with zero attached hydrogens (tertiary/aromatic N) is 2. The van der Waals surface area contributed by atoms with Gasteiger partial charge in [-0.2, -0.15) is 0 Å². The molecule has 0 saturated carbocycles. The minimum Gasteiger partial charge on any atom is -0.481 e. The molecule has 1 heterocycles. The second-order valence-corrected chi connectivity index (χ2v) is 5.10. The first-order valence-corrected chi connectivity index (χ1v) is 7.38. The summed E-state index contributed by atoms with van der Waals surface area (Å²) >= 11 is 0. The normalized spacial score (nSPS) is 9.96. The van der Waals surface area contributed by atoms with E-state index < -0.39 is 0 Å². The largest absolute Gasteiger partial charge is 0.481 e. The van der Waals surface area contributed by atoms with Gasteiger partial charge in [-0.05, 0) is 30.3 Å². The van der Waals surface area contributed by atoms with E-state index in [0.717, 1.165) is 11.3 Å². The summed E-state index contributed by atoms with van der Waals surface area (Å²) in [6, 6.07) is 10.3. The van der Waals surface area contributed by atoms with Crippen LogP contribution in [0.4, 0.5) is 16.2 Å². The molecule has 0 spiro atoms. The van der Waals surface area contributed by atoms with E-state index in [0.29, 0.717) is 18.1 Å². The molecule has 0 bridgehead atoms. The summed E-state index contributed by atoms with van der Waals surface area (Å²) in [5, 5.41) is 5.47. The van der Waals surface area contributed by atoms with E-state index in [-0.39, 0.29) is 11.9 Å². The number of urea groups is 1. The first kappa shape index (κ1) is 17.3. The third kappa shape index (κ3) is 4.45. The molecule has 7 nitrogen and oxygen atoms in total. The lowest BCUT2D eigenvalue weighted by Gasteiger charge is -2.15. The van der Waals surface area contributed by atoms with Crippen molar-refractivity contribution in [2.75, 3.05) is 24.4 Å². The lowest BCUT2D eigenvalue weighted by atomic mass is 10.2. The molecule has 3 amide bonds. The first-order valence-electron chi connectivity index (χ1n) is 7.38. The summed E-state index contributed by atoms with van der Waals surface area (Å²) in [7, 11) is 3.23. The van der Waals surface area contributed by atoms with Crippen molar-refractivity contribution in [1.82, 2.24) is 10.3 Å². The van der Waals surface area contributed by atoms with Gasteiger partial charge < -0.3 is 20.3 Å². The van der Waals surface area contributed by atoms with Crippen molar-refractivity contribution >= 4 is 23.3 Å². The number of hydrogen-bond acceptors (Lipinski definition) is 4. The van der Waals surface area contributed by atoms with Crippen LogP contribution in [0, 0.1) is 0 Å². The molecule has 126 valence electrons. The van der Waals surface area contributed by atoms with E-state index >= 15 is 0 Å². The summed E-state index contributed by atoms with van der Waals surface area (Å²) in [6.45, 7) is 1.79. The van der Waals surface area contributed by atoms with Crippen molar-refractivity contribution in [3.63, 3.8) is 0 Å². The number of ether oxygens (including phenoxy) is 1. The van der Waals surface area contributed by atoms with E-state index in [1.54, 1.807) is 43.6 Å². The number of nitrogens with one attached hydrogen (secondary N) is 2. The van der Waals surface area contributed by atoms with Crippen molar-refractivity contribution in [2.24, 2.45) is 0 Å². The van der Waals surface area contributed by atoms with Crippen LogP contribution < -0.4 is 20.3 Å². The van der Waals surface area contributed by atoms with Gasteiger partial charge in [-0.15, -0.1) is 0 Å². The van der Waals surface area contributed by atoms with Crippen molar-refractivity contribution in [2.45, 2.75) is 13.5 Å². The van der Waals surface area contributed by atoms with Gasteiger partial charge in [-0.3, -0.25) is 4.79 Å². The van der Waals surface area contributed by atoms with Crippen LogP contribution in [0.25, 0.3) is 0 Å². The minimum absolute atomic E-state index is 0.0566. The maximum absolute atomic E-state index is 12.0. The number of methoxy groups -OCH3 is 1. The van der Waals surface area contributed by atoms with Gasteiger partial charge in [0.25, 0.3) is 0 Å². The Balaban J connectivity index is 1.91. The molecule has 24 heavy (non-hydrogen) atoms. The van der Waals surface area contributed by atoms with Crippen LogP contribution in [-0.4, -0.2) is 31.1 Å². The van der Waals surface area contributed by atoms with Gasteiger partial charge >= 0.3 is 6.03 Å². The molecule has 0 aliphatic rings. The number of amides is 3. The van der Waals surface area contributed by atoms with Gasteiger partial charge in [0.1, 0.15) is 0 Å². The molecular formula is C17H20N4O3. The number of aromatic nitrogens is 1. The highest BCUT2D eigenvalue weighted by molar-refractivity contribution is 5.92. The second-order valence-electron chi connectivity index (χ2n) is 5.10. The van der Waals surface area contributed by atoms with Crippen LogP contribution in [0.15, 0.2) is 42.6 Å². The van der Waals surface area contributed by atoms with Gasteiger partial charge in [0.2, 0.25) is 11.8 Å². The average molecular weight is 328 g/mol. The van der Waals surface area contributed by atoms with E-state index in [9.17, 15) is 9.59 Å². The lowest BCUT2D eigenvalue weighted by molar-refractivity contribution is -0.116. The molecule has 0 unspecified atom stereocenters. The van der Waals surface area contributed by atoms with Crippen molar-refractivity contribution < 1.29 is 14.3 Å². The third-order valence-corrected chi connectivity index (χ3v) is 3.47. The van der Waals surface area contributed by atoms with Gasteiger partial charge in [-0.25, -0.2) is 9.78 Å². The van der Waals surface area contributed by atoms with E-state index in [1.165, 1.54) is 18.9 Å². The SMILES string of the molecule is COc1ncccc1CNC(=O)Nc1ccc(N(C)C(C)=O)cc1. The number of rotatable bonds is 5. The van der Waals surface area contributed by atoms with Crippen molar-refractivity contribution in [3.05, 3.63) is 48.2 Å². The molecule has 2 aromatic rings. The third-order valence-electron chi connectivity index (χ3n) is 3.47. The van der Waals surface area contributed by atoms with Crippen LogP contribution in [0.2, 0.25) is 0 Å². The van der Waals surface area contributed by atoms with Crippen molar-refractivity contribution in [3.8, 4) is 5.88 Å². The number of carbonyl (C=O) groups is 2. The Labute approximate surface area is 140 Å². The molecule has 0 aliphatic carbocycles. The van der Waals surface area contributed by atoms with Gasteiger partial charge in [0.05, 0.1) is 7.11 Å². The number of carbonyl (C=O) groups excluding carboxylic acids is 2. The van der Waals surface area contributed by atoms with Gasteiger partial charge in [-0.1, -0.05) is 6.07 Å². The number of benzene rings is 1. The highest BCUT2D eigenvalue weighted by Crippen LogP contribution is 2.17. The first-order chi connectivity index (χ1) is 11.5. The fourth-order valence-electron chi connectivity index (χ4n) is 2.04. The zero-order valence-corrected chi connectivity index (χ0v) is 13.9. The van der Waals surface area contributed by atoms with E-state index in [1.807, 2.05) is 6.07 Å². The number of pyridine rings is 1. The Bertz CT molecular complexity index is 716. The topological polar surface area (TPSA) is 83.6 Å². The molecule has 2 rings (SSSR count). The molecule has 0 radical (unpaired) electrons. The van der Waals surface area contributed by atoms with Crippen LogP contribution in [0.3, 0.4) is 0 Å². The van der Waals surface area contributed by atoms with Crippen LogP contribution in [-0.2, 0) is 11.3 Å². The standard InChI is InChI=1S/C17H20N4O3/c1-12(22)21(2)15-8-6-14(7-9-15)20-17(23)19-11-13-5-4-10-18-16(13)24-3/h4-10H,11H2,1-3H3,(H2,19,20,23). The van der Waals surface area contributed by atoms with Gasteiger partial charge in [0.15, 0.2) is 0 Å². The number of anilines is 2. The summed E-state index contributed by atoms with van der Waals surface area (Å²) in [5.74, 6) is 0.424. The van der Waals surface area contributed by atoms with E-state index in [4.69, 9.17) is 4.74 Å². The smallest absolute Gasteiger partial charge is 0.319 e. The Kier molecular flexibility index (Phi) is 5.73. The molecule has 1 aromatic heterocycles. The molecule has 0 fully saturated rings. The van der Waals surface area contributed by atoms with E-state index in [2.05, 4.69) is 15.6 Å². The minimum atomic E-state index is -0.339. The predicted molar refractivity (Wildman–Crippen MR) is 92.2 cm³/mol. The summed E-state index contributed by atoms with van der Waals surface area (Å²) in [6.07, 6.45) is 1.63. The Morgan fingerprint density at radius 1 is 1.21 bits per heavy atom. The molecular weight excluding hydrogens is 308 g/mol. The fraction of sp³-hybridized carbons (Fsp3) is 0.235. The lowest BCUT2D eigenvalue weighted by Crippen LogP contribution is -2.28. The quantitative estimate of drug-likeness (QED) is 0.883. The molecule has 0 aliphatic heterocycles. The average Bonchev–Trinajstić information content (AvgIpc) is 2.60. The Morgan fingerprint density at radius 2 is 1.92 bits per heavy atom. The van der Waals surface area contributed by atoms with Crippen LogP contribution in [0.1, 0.15) is 12.5 Å². The fourth-order valence-corrected chi connectivity index (χ4v) is 2.04. The van der Waals surface area contributed by atoms with Crippen LogP contribution in [0.5, 0.6) is 5.88 Å². The van der Waals surface area contributed by atoms with Crippen LogP contribution >= 0.6 is 0 Å². The number of hydrogen-bond donors (Lipinski definition) is 2. The highest BCUT2D eigenvalue weighted by atomic mass is 16.5. The van der Waals surface area contributed by atoms with Crippen molar-refractivity contribution in [1.29, 1.82) is 0 Å². The summed E-state index contributed by atoms with van der Waals surface area (Å²) in [5.41, 5.74) is 2.17. The molecule has 7 heteroatoms. The second kappa shape index (κ2) is 7.96. The molecule has 1 aromatic carbocycles. The maximum atomic E-state index is 12.0. The molecule has 0 atom stereocenters. The molecule has 0 saturated heterocycles. The highest BCUT2D eigenvalue weighted by Gasteiger charge is 2.08. The predicted octanol–water partition coefficient (Wildman–Crippen LogP) is 2.39. The Hall–Kier alpha value is -3.09.